The van der Waals surface area contributed by atoms with E-state index in [0.717, 1.165) is 19.3 Å². The largest absolute Gasteiger partial charge is 0.338 e. The van der Waals surface area contributed by atoms with Crippen LogP contribution in [0, 0.1) is 0 Å². The van der Waals surface area contributed by atoms with Gasteiger partial charge in [0.2, 0.25) is 23.4 Å². The number of amides is 1. The van der Waals surface area contributed by atoms with Gasteiger partial charge in [-0.3, -0.25) is 9.59 Å². The van der Waals surface area contributed by atoms with Crippen molar-refractivity contribution in [3.8, 4) is 0 Å². The Morgan fingerprint density at radius 2 is 2.08 bits per heavy atom. The second kappa shape index (κ2) is 5.95. The van der Waals surface area contributed by atoms with Crippen LogP contribution >= 0.6 is 0 Å². The Balaban J connectivity index is 1.67. The normalized spacial score (nSPS) is 22.7. The van der Waals surface area contributed by atoms with Gasteiger partial charge in [0, 0.05) is 17.5 Å². The highest BCUT2D eigenvalue weighted by Gasteiger charge is 2.45. The number of nitrogens with zero attached hydrogens (tertiary/aromatic N) is 3. The van der Waals surface area contributed by atoms with Gasteiger partial charge in [0.05, 0.1) is 12.6 Å². The lowest BCUT2D eigenvalue weighted by Gasteiger charge is -2.26. The van der Waals surface area contributed by atoms with Crippen LogP contribution in [0.15, 0.2) is 4.52 Å². The first-order chi connectivity index (χ1) is 11.2. The van der Waals surface area contributed by atoms with Crippen molar-refractivity contribution in [3.05, 3.63) is 11.7 Å². The maximum absolute atomic E-state index is 12.7. The number of hydrogen-bond donors (Lipinski definition) is 1. The van der Waals surface area contributed by atoms with Crippen LogP contribution in [0.25, 0.3) is 0 Å². The molecule has 1 unspecified atom stereocenters. The quantitative estimate of drug-likeness (QED) is 0.824. The van der Waals surface area contributed by atoms with Gasteiger partial charge >= 0.3 is 0 Å². The van der Waals surface area contributed by atoms with E-state index in [1.165, 1.54) is 0 Å². The van der Waals surface area contributed by atoms with Crippen molar-refractivity contribution < 1.29 is 14.1 Å². The zero-order valence-electron chi connectivity index (χ0n) is 14.9. The Bertz CT molecular complexity index is 643. The van der Waals surface area contributed by atoms with Crippen LogP contribution in [-0.4, -0.2) is 51.4 Å². The molecular formula is C17H26N4O3. The number of aromatic nitrogens is 2. The van der Waals surface area contributed by atoms with Crippen LogP contribution in [0.5, 0.6) is 0 Å². The van der Waals surface area contributed by atoms with Crippen LogP contribution < -0.4 is 5.32 Å². The van der Waals surface area contributed by atoms with Crippen LogP contribution in [0.2, 0.25) is 0 Å². The third-order valence-corrected chi connectivity index (χ3v) is 4.81. The summed E-state index contributed by atoms with van der Waals surface area (Å²) in [4.78, 5) is 31.1. The zero-order chi connectivity index (χ0) is 17.5. The summed E-state index contributed by atoms with van der Waals surface area (Å²) >= 11 is 0. The third-order valence-electron chi connectivity index (χ3n) is 4.81. The summed E-state index contributed by atoms with van der Waals surface area (Å²) in [5, 5.41) is 7.03. The van der Waals surface area contributed by atoms with E-state index in [1.54, 1.807) is 4.90 Å². The van der Waals surface area contributed by atoms with Crippen molar-refractivity contribution in [2.24, 2.45) is 0 Å². The summed E-state index contributed by atoms with van der Waals surface area (Å²) in [6, 6.07) is -0.475. The Labute approximate surface area is 142 Å². The van der Waals surface area contributed by atoms with Gasteiger partial charge < -0.3 is 14.7 Å². The standard InChI is InChI=1S/C17H26N4O3/c1-16(2,3)18-10-12(22)21-9-5-6-11(21)13(23)14-19-15(24-20-14)17(4)7-8-17/h11,18H,5-10H2,1-4H3. The molecule has 7 nitrogen and oxygen atoms in total. The molecule has 1 atom stereocenters. The molecule has 7 heteroatoms. The molecule has 1 saturated carbocycles. The SMILES string of the molecule is CC(C)(C)NCC(=O)N1CCCC1C(=O)c1noc(C2(C)CC2)n1. The molecule has 1 aliphatic carbocycles. The molecule has 24 heavy (non-hydrogen) atoms. The van der Waals surface area contributed by atoms with Gasteiger partial charge in [-0.2, -0.15) is 4.98 Å². The zero-order valence-corrected chi connectivity index (χ0v) is 14.9. The summed E-state index contributed by atoms with van der Waals surface area (Å²) in [7, 11) is 0. The van der Waals surface area contributed by atoms with Gasteiger partial charge in [-0.25, -0.2) is 0 Å². The van der Waals surface area contributed by atoms with Crippen molar-refractivity contribution >= 4 is 11.7 Å². The molecule has 1 aromatic rings. The Morgan fingerprint density at radius 1 is 1.38 bits per heavy atom. The maximum Gasteiger partial charge on any atom is 0.240 e. The lowest BCUT2D eigenvalue weighted by Crippen LogP contribution is -2.48. The van der Waals surface area contributed by atoms with E-state index < -0.39 is 6.04 Å². The molecule has 1 N–H and O–H groups in total. The Kier molecular flexibility index (Phi) is 4.23. The number of likely N-dealkylation sites (tertiary alicyclic amines) is 1. The topological polar surface area (TPSA) is 88.3 Å². The first-order valence-corrected chi connectivity index (χ1v) is 8.62. The number of ketones is 1. The van der Waals surface area contributed by atoms with Crippen LogP contribution in [0.3, 0.4) is 0 Å². The van der Waals surface area contributed by atoms with Crippen molar-refractivity contribution in [3.63, 3.8) is 0 Å². The number of nitrogens with one attached hydrogen (secondary N) is 1. The van der Waals surface area contributed by atoms with Crippen molar-refractivity contribution in [1.82, 2.24) is 20.4 Å². The molecule has 2 fully saturated rings. The minimum absolute atomic E-state index is 0.0568. The molecule has 1 aliphatic heterocycles. The van der Waals surface area contributed by atoms with Gasteiger partial charge in [-0.05, 0) is 46.5 Å². The average Bonchev–Trinajstić information content (AvgIpc) is 3.00. The van der Waals surface area contributed by atoms with Crippen LogP contribution in [0.1, 0.15) is 69.9 Å². The van der Waals surface area contributed by atoms with E-state index in [0.29, 0.717) is 18.9 Å². The average molecular weight is 334 g/mol. The Morgan fingerprint density at radius 3 is 2.71 bits per heavy atom. The van der Waals surface area contributed by atoms with E-state index in [2.05, 4.69) is 22.4 Å². The maximum atomic E-state index is 12.7. The summed E-state index contributed by atoms with van der Waals surface area (Å²) in [5.41, 5.74) is -0.204. The van der Waals surface area contributed by atoms with E-state index in [-0.39, 0.29) is 35.0 Å². The molecule has 1 aromatic heterocycles. The summed E-state index contributed by atoms with van der Waals surface area (Å²) < 4.78 is 5.26. The lowest BCUT2D eigenvalue weighted by atomic mass is 10.1. The monoisotopic (exact) mass is 334 g/mol. The third kappa shape index (κ3) is 3.50. The van der Waals surface area contributed by atoms with Crippen molar-refractivity contribution in [2.75, 3.05) is 13.1 Å². The van der Waals surface area contributed by atoms with Gasteiger partial charge in [0.1, 0.15) is 0 Å². The fourth-order valence-electron chi connectivity index (χ4n) is 2.90. The smallest absolute Gasteiger partial charge is 0.240 e. The highest BCUT2D eigenvalue weighted by atomic mass is 16.5. The van der Waals surface area contributed by atoms with Crippen molar-refractivity contribution in [1.29, 1.82) is 0 Å². The van der Waals surface area contributed by atoms with Crippen LogP contribution in [0.4, 0.5) is 0 Å². The minimum Gasteiger partial charge on any atom is -0.338 e. The second-order valence-corrected chi connectivity index (χ2v) is 8.20. The molecule has 0 radical (unpaired) electrons. The second-order valence-electron chi connectivity index (χ2n) is 8.20. The van der Waals surface area contributed by atoms with E-state index in [1.807, 2.05) is 20.8 Å². The predicted octanol–water partition coefficient (Wildman–Crippen LogP) is 1.68. The van der Waals surface area contributed by atoms with Gasteiger partial charge in [0.15, 0.2) is 0 Å². The van der Waals surface area contributed by atoms with Gasteiger partial charge in [-0.15, -0.1) is 0 Å². The predicted molar refractivity (Wildman–Crippen MR) is 87.7 cm³/mol. The summed E-state index contributed by atoms with van der Waals surface area (Å²) in [6.07, 6.45) is 3.49. The fraction of sp³-hybridized carbons (Fsp3) is 0.765. The lowest BCUT2D eigenvalue weighted by molar-refractivity contribution is -0.130. The number of carbonyl (C=O) groups is 2. The first kappa shape index (κ1) is 17.1. The number of Topliss-reactive ketones (excluding diaryl/α,β-unsaturated/α-hetero) is 1. The molecule has 2 heterocycles. The molecule has 0 aromatic carbocycles. The highest BCUT2D eigenvalue weighted by Crippen LogP contribution is 2.46. The molecule has 0 bridgehead atoms. The first-order valence-electron chi connectivity index (χ1n) is 8.62. The number of rotatable bonds is 5. The highest BCUT2D eigenvalue weighted by molar-refractivity contribution is 5.99. The minimum atomic E-state index is -0.475. The van der Waals surface area contributed by atoms with Gasteiger partial charge in [-0.1, -0.05) is 12.1 Å². The van der Waals surface area contributed by atoms with Crippen LogP contribution in [-0.2, 0) is 10.2 Å². The molecule has 2 aliphatic rings. The number of hydrogen-bond acceptors (Lipinski definition) is 6. The molecule has 1 amide bonds. The summed E-state index contributed by atoms with van der Waals surface area (Å²) in [5.74, 6) is 0.372. The Hall–Kier alpha value is -1.76. The van der Waals surface area contributed by atoms with E-state index >= 15 is 0 Å². The summed E-state index contributed by atoms with van der Waals surface area (Å²) in [6.45, 7) is 8.90. The van der Waals surface area contributed by atoms with Crippen molar-refractivity contribution in [2.45, 2.75) is 70.4 Å². The van der Waals surface area contributed by atoms with Gasteiger partial charge in [0.25, 0.3) is 0 Å². The fourth-order valence-corrected chi connectivity index (χ4v) is 2.90. The van der Waals surface area contributed by atoms with E-state index in [4.69, 9.17) is 4.52 Å². The number of carbonyl (C=O) groups excluding carboxylic acids is 2. The molecule has 3 rings (SSSR count). The molecule has 1 saturated heterocycles. The molecule has 132 valence electrons. The molecule has 0 spiro atoms. The molecular weight excluding hydrogens is 308 g/mol. The van der Waals surface area contributed by atoms with E-state index in [9.17, 15) is 9.59 Å².